The van der Waals surface area contributed by atoms with Crippen molar-refractivity contribution in [3.63, 3.8) is 0 Å². The number of cyclic esters (lactones) is 1. The van der Waals surface area contributed by atoms with E-state index >= 15 is 0 Å². The fourth-order valence-corrected chi connectivity index (χ4v) is 7.08. The van der Waals surface area contributed by atoms with Crippen LogP contribution in [0.25, 0.3) is 6.08 Å². The van der Waals surface area contributed by atoms with Gasteiger partial charge in [-0.15, -0.1) is 0 Å². The van der Waals surface area contributed by atoms with E-state index in [1.165, 1.54) is 26.6 Å². The van der Waals surface area contributed by atoms with Gasteiger partial charge >= 0.3 is 5.97 Å². The average Bonchev–Trinajstić information content (AvgIpc) is 3.69. The minimum atomic E-state index is -0.939. The van der Waals surface area contributed by atoms with Gasteiger partial charge in [0.25, 0.3) is 0 Å². The monoisotopic (exact) mass is 851 g/mol. The van der Waals surface area contributed by atoms with Gasteiger partial charge in [0, 0.05) is 44.5 Å². The second-order valence-electron chi connectivity index (χ2n) is 16.0. The highest BCUT2D eigenvalue weighted by atomic mass is 16.7. The second kappa shape index (κ2) is 26.5. The summed E-state index contributed by atoms with van der Waals surface area (Å²) in [5.41, 5.74) is 1.49. The average molecular weight is 852 g/mol. The Morgan fingerprint density at radius 2 is 1.43 bits per heavy atom. The molecule has 1 fully saturated rings. The number of esters is 1. The highest BCUT2D eigenvalue weighted by Crippen LogP contribution is 2.29. The van der Waals surface area contributed by atoms with Crippen LogP contribution in [-0.2, 0) is 28.5 Å². The Labute approximate surface area is 361 Å². The molecule has 0 radical (unpaired) electrons. The van der Waals surface area contributed by atoms with E-state index < -0.39 is 85.1 Å². The summed E-state index contributed by atoms with van der Waals surface area (Å²) < 4.78 is 35.5. The number of rotatable bonds is 8. The topological polar surface area (TPSA) is 190 Å². The lowest BCUT2D eigenvalue weighted by Crippen LogP contribution is -2.59. The van der Waals surface area contributed by atoms with Crippen LogP contribution in [0.5, 0.6) is 0 Å². The molecule has 1 aromatic heterocycles. The molecule has 0 aliphatic carbocycles. The molecule has 0 spiro atoms. The predicted octanol–water partition coefficient (Wildman–Crippen LogP) is 6.23. The van der Waals surface area contributed by atoms with Gasteiger partial charge in [0.05, 0.1) is 42.5 Å². The minimum absolute atomic E-state index is 0.0550. The van der Waals surface area contributed by atoms with Crippen molar-refractivity contribution >= 4 is 12.0 Å². The fourth-order valence-electron chi connectivity index (χ4n) is 7.08. The van der Waals surface area contributed by atoms with E-state index in [0.717, 1.165) is 5.57 Å². The molecule has 13 heteroatoms. The number of oxazole rings is 1. The van der Waals surface area contributed by atoms with Crippen molar-refractivity contribution in [2.45, 2.75) is 135 Å². The molecular formula is C48H69NO12. The normalized spacial score (nSPS) is 38.1. The van der Waals surface area contributed by atoms with Crippen molar-refractivity contribution in [1.29, 1.82) is 0 Å². The number of carbonyl (C=O) groups is 1. The zero-order valence-electron chi connectivity index (χ0n) is 37.0. The van der Waals surface area contributed by atoms with E-state index in [1.54, 1.807) is 88.5 Å². The molecule has 61 heavy (non-hydrogen) atoms. The third-order valence-electron chi connectivity index (χ3n) is 10.8. The van der Waals surface area contributed by atoms with E-state index in [1.807, 2.05) is 51.2 Å². The highest BCUT2D eigenvalue weighted by Gasteiger charge is 2.46. The van der Waals surface area contributed by atoms with E-state index in [-0.39, 0.29) is 24.7 Å². The number of allylic oxidation sites excluding steroid dienone is 12. The summed E-state index contributed by atoms with van der Waals surface area (Å²) >= 11 is 0. The molecule has 3 rings (SSSR count). The fraction of sp³-hybridized carbons (Fsp3) is 0.542. The molecule has 2 bridgehead atoms. The highest BCUT2D eigenvalue weighted by molar-refractivity contribution is 5.82. The summed E-state index contributed by atoms with van der Waals surface area (Å²) in [5, 5.41) is 52.9. The maximum Gasteiger partial charge on any atom is 0.331 e. The molecule has 0 aromatic carbocycles. The van der Waals surface area contributed by atoms with Crippen LogP contribution in [0.1, 0.15) is 78.8 Å². The molecule has 1 aromatic rings. The third kappa shape index (κ3) is 17.0. The molecule has 5 N–H and O–H groups in total. The van der Waals surface area contributed by atoms with Gasteiger partial charge in [-0.3, -0.25) is 0 Å². The van der Waals surface area contributed by atoms with E-state index in [9.17, 15) is 30.3 Å². The number of hydrogen-bond acceptors (Lipinski definition) is 13. The first kappa shape index (κ1) is 51.3. The summed E-state index contributed by atoms with van der Waals surface area (Å²) in [5.74, 6) is -1.69. The molecule has 0 amide bonds. The Kier molecular flexibility index (Phi) is 22.3. The van der Waals surface area contributed by atoms with Crippen LogP contribution in [-0.4, -0.2) is 118 Å². The zero-order chi connectivity index (χ0) is 45.1. The molecule has 2 aliphatic heterocycles. The summed E-state index contributed by atoms with van der Waals surface area (Å²) in [6, 6.07) is 0. The molecule has 15 unspecified atom stereocenters. The summed E-state index contributed by atoms with van der Waals surface area (Å²) in [6.07, 6.45) is 23.2. The third-order valence-corrected chi connectivity index (χ3v) is 10.8. The second-order valence-corrected chi connectivity index (χ2v) is 16.0. The molecule has 2 aliphatic rings. The van der Waals surface area contributed by atoms with Crippen LogP contribution in [0, 0.1) is 17.8 Å². The van der Waals surface area contributed by atoms with Crippen molar-refractivity contribution in [2.75, 3.05) is 14.2 Å². The lowest BCUT2D eigenvalue weighted by Gasteiger charge is -2.43. The lowest BCUT2D eigenvalue weighted by atomic mass is 9.86. The van der Waals surface area contributed by atoms with Crippen LogP contribution in [0.4, 0.5) is 0 Å². The van der Waals surface area contributed by atoms with Gasteiger partial charge in [-0.2, -0.15) is 0 Å². The first-order valence-corrected chi connectivity index (χ1v) is 21.0. The van der Waals surface area contributed by atoms with Crippen molar-refractivity contribution in [3.05, 3.63) is 121 Å². The van der Waals surface area contributed by atoms with Gasteiger partial charge in [0.2, 0.25) is 0 Å². The molecular weight excluding hydrogens is 783 g/mol. The first-order chi connectivity index (χ1) is 29.1. The Bertz CT molecular complexity index is 1740. The quantitative estimate of drug-likeness (QED) is 0.185. The van der Waals surface area contributed by atoms with E-state index in [4.69, 9.17) is 28.1 Å². The van der Waals surface area contributed by atoms with Crippen molar-refractivity contribution < 1.29 is 58.4 Å². The number of carbonyl (C=O) groups excluding carboxylic acids is 1. The standard InChI is InChI=1S/C48H69NO12/c1-30-20-14-10-13-17-25-42(54)61-44(34(5)39(52)27-33(4)50)31(2)21-15-11-12-16-23-38(51)28-40(53)35(6)47-49-37(29-58-47)22-18-19-24-41(32(3)26-30)60-48-46(57-9)45(56-8)43(55)36(7)59-48/h10-26,29,31-36,38-41,43-46,48,50-53,55H,27-28H2,1-9H3/b12-11-,13-10-,20-14-,21-15-,22-18-,23-16-,24-19-,25-17-,30-26-. The van der Waals surface area contributed by atoms with Gasteiger partial charge in [-0.05, 0) is 33.3 Å². The van der Waals surface area contributed by atoms with Crippen LogP contribution in [0.15, 0.2) is 113 Å². The Hall–Kier alpha value is -4.02. The van der Waals surface area contributed by atoms with Crippen LogP contribution < -0.4 is 0 Å². The van der Waals surface area contributed by atoms with Crippen molar-refractivity contribution in [2.24, 2.45) is 17.8 Å². The number of aliphatic hydroxyl groups excluding tert-OH is 5. The zero-order valence-corrected chi connectivity index (χ0v) is 37.0. The Balaban J connectivity index is 1.94. The largest absolute Gasteiger partial charge is 0.458 e. The van der Waals surface area contributed by atoms with E-state index in [2.05, 4.69) is 11.1 Å². The van der Waals surface area contributed by atoms with Crippen LogP contribution >= 0.6 is 0 Å². The Morgan fingerprint density at radius 1 is 0.803 bits per heavy atom. The molecule has 338 valence electrons. The maximum absolute atomic E-state index is 13.0. The predicted molar refractivity (Wildman–Crippen MR) is 235 cm³/mol. The summed E-state index contributed by atoms with van der Waals surface area (Å²) in [7, 11) is 3.03. The molecule has 3 heterocycles. The first-order valence-electron chi connectivity index (χ1n) is 21.0. The molecule has 1 saturated heterocycles. The number of ether oxygens (including phenoxy) is 5. The van der Waals surface area contributed by atoms with Gasteiger partial charge in [-0.1, -0.05) is 124 Å². The number of aliphatic hydroxyl groups is 5. The van der Waals surface area contributed by atoms with Crippen LogP contribution in [0.3, 0.4) is 0 Å². The lowest BCUT2D eigenvalue weighted by molar-refractivity contribution is -0.310. The van der Waals surface area contributed by atoms with Crippen molar-refractivity contribution in [1.82, 2.24) is 4.98 Å². The number of fused-ring (bicyclic) bond motifs is 2. The van der Waals surface area contributed by atoms with Crippen molar-refractivity contribution in [3.8, 4) is 0 Å². The van der Waals surface area contributed by atoms with Gasteiger partial charge in [0.1, 0.15) is 36.4 Å². The molecule has 13 nitrogen and oxygen atoms in total. The number of hydrogen-bond donors (Lipinski definition) is 5. The van der Waals surface area contributed by atoms with Gasteiger partial charge in [0.15, 0.2) is 12.2 Å². The SMILES string of the molecule is COC1C(OC2/C=C\C=C/c3coc(n3)C(C)C(O)CC(O)\C=C/C=C\C=C/C(C)C(C(C)C(O)CC(C)O)OC(=O)\C=C/C=C\C=C/C(C)=C\C2C)OC(C)C(O)C1OC. The number of aromatic nitrogens is 1. The summed E-state index contributed by atoms with van der Waals surface area (Å²) in [4.78, 5) is 17.5. The minimum Gasteiger partial charge on any atom is -0.458 e. The summed E-state index contributed by atoms with van der Waals surface area (Å²) in [6.45, 7) is 12.8. The van der Waals surface area contributed by atoms with Gasteiger partial charge in [-0.25, -0.2) is 9.78 Å². The Morgan fingerprint density at radius 3 is 2.10 bits per heavy atom. The van der Waals surface area contributed by atoms with E-state index in [0.29, 0.717) is 11.6 Å². The number of nitrogens with zero attached hydrogens (tertiary/aromatic N) is 1. The molecule has 0 saturated carbocycles. The maximum atomic E-state index is 13.0. The smallest absolute Gasteiger partial charge is 0.331 e. The van der Waals surface area contributed by atoms with Gasteiger partial charge < -0.3 is 53.6 Å². The number of methoxy groups -OCH3 is 2. The molecule has 15 atom stereocenters. The van der Waals surface area contributed by atoms with Crippen LogP contribution in [0.2, 0.25) is 0 Å².